The summed E-state index contributed by atoms with van der Waals surface area (Å²) in [5.74, 6) is 0.499. The fourth-order valence-corrected chi connectivity index (χ4v) is 2.28. The average Bonchev–Trinajstić information content (AvgIpc) is 2.75. The van der Waals surface area contributed by atoms with Crippen molar-refractivity contribution in [1.82, 2.24) is 0 Å². The van der Waals surface area contributed by atoms with Crippen LogP contribution in [0.3, 0.4) is 0 Å². The number of nitrogens with two attached hydrogens (primary N) is 1. The Morgan fingerprint density at radius 2 is 2.00 bits per heavy atom. The lowest BCUT2D eigenvalue weighted by molar-refractivity contribution is 0.168. The predicted octanol–water partition coefficient (Wildman–Crippen LogP) is 4.65. The molecule has 1 fully saturated rings. The fraction of sp³-hybridized carbons (Fsp3) is 0.571. The van der Waals surface area contributed by atoms with Crippen molar-refractivity contribution in [3.05, 3.63) is 23.0 Å². The highest BCUT2D eigenvalue weighted by Gasteiger charge is 2.25. The molecule has 18 heavy (non-hydrogen) atoms. The maximum absolute atomic E-state index is 13.1. The zero-order chi connectivity index (χ0) is 13.7. The van der Waals surface area contributed by atoms with Gasteiger partial charge in [0.15, 0.2) is 0 Å². The Balaban J connectivity index is 0.000000771. The lowest BCUT2D eigenvalue weighted by Gasteiger charge is -2.19. The van der Waals surface area contributed by atoms with E-state index in [1.54, 1.807) is 0 Å². The molecule has 1 aliphatic rings. The van der Waals surface area contributed by atoms with Crippen molar-refractivity contribution in [2.45, 2.75) is 46.1 Å². The van der Waals surface area contributed by atoms with Crippen molar-refractivity contribution in [3.8, 4) is 5.75 Å². The molecule has 0 radical (unpaired) electrons. The minimum absolute atomic E-state index is 0.0741. The molecule has 2 nitrogen and oxygen atoms in total. The topological polar surface area (TPSA) is 35.2 Å². The zero-order valence-corrected chi connectivity index (χ0v) is 11.9. The molecule has 0 aromatic heterocycles. The predicted molar refractivity (Wildman–Crippen MR) is 74.6 cm³/mol. The van der Waals surface area contributed by atoms with Gasteiger partial charge < -0.3 is 10.5 Å². The average molecular weight is 274 g/mol. The maximum atomic E-state index is 13.1. The minimum atomic E-state index is -0.503. The number of halogens is 2. The summed E-state index contributed by atoms with van der Waals surface area (Å²) in [5.41, 5.74) is 5.56. The van der Waals surface area contributed by atoms with Crippen LogP contribution < -0.4 is 10.5 Å². The van der Waals surface area contributed by atoms with Crippen molar-refractivity contribution in [2.24, 2.45) is 5.92 Å². The Kier molecular flexibility index (Phi) is 5.73. The highest BCUT2D eigenvalue weighted by molar-refractivity contribution is 6.32. The van der Waals surface area contributed by atoms with Crippen LogP contribution in [0.2, 0.25) is 5.02 Å². The third-order valence-corrected chi connectivity index (χ3v) is 3.41. The van der Waals surface area contributed by atoms with Gasteiger partial charge in [-0.1, -0.05) is 32.4 Å². The van der Waals surface area contributed by atoms with Crippen LogP contribution >= 0.6 is 11.6 Å². The summed E-state index contributed by atoms with van der Waals surface area (Å²) >= 11 is 5.91. The van der Waals surface area contributed by atoms with Gasteiger partial charge in [-0.2, -0.15) is 0 Å². The smallest absolute Gasteiger partial charge is 0.147 e. The summed E-state index contributed by atoms with van der Waals surface area (Å²) in [6, 6.07) is 2.66. The Hall–Kier alpha value is -0.960. The summed E-state index contributed by atoms with van der Waals surface area (Å²) < 4.78 is 18.9. The van der Waals surface area contributed by atoms with Gasteiger partial charge in [-0.05, 0) is 31.2 Å². The third-order valence-electron chi connectivity index (χ3n) is 3.11. The van der Waals surface area contributed by atoms with E-state index in [1.807, 2.05) is 13.8 Å². The van der Waals surface area contributed by atoms with E-state index < -0.39 is 5.82 Å². The van der Waals surface area contributed by atoms with Gasteiger partial charge >= 0.3 is 0 Å². The van der Waals surface area contributed by atoms with E-state index in [0.717, 1.165) is 6.42 Å². The first-order valence-corrected chi connectivity index (χ1v) is 6.87. The SMILES string of the molecule is CC.CC1CCCC1Oc1cc(N)c(F)cc1Cl. The molecule has 1 aromatic rings. The second-order valence-corrected chi connectivity index (χ2v) is 4.78. The van der Waals surface area contributed by atoms with Crippen molar-refractivity contribution >= 4 is 17.3 Å². The number of hydrogen-bond donors (Lipinski definition) is 1. The Labute approximate surface area is 113 Å². The minimum Gasteiger partial charge on any atom is -0.489 e. The van der Waals surface area contributed by atoms with Gasteiger partial charge in [0.1, 0.15) is 17.7 Å². The van der Waals surface area contributed by atoms with Gasteiger partial charge in [0.05, 0.1) is 10.7 Å². The third kappa shape index (κ3) is 3.52. The first-order chi connectivity index (χ1) is 8.58. The number of benzene rings is 1. The molecule has 2 rings (SSSR count). The lowest BCUT2D eigenvalue weighted by Crippen LogP contribution is -2.19. The summed E-state index contributed by atoms with van der Waals surface area (Å²) in [6.45, 7) is 6.15. The van der Waals surface area contributed by atoms with E-state index in [0.29, 0.717) is 11.7 Å². The Morgan fingerprint density at radius 1 is 1.33 bits per heavy atom. The monoisotopic (exact) mass is 273 g/mol. The van der Waals surface area contributed by atoms with Crippen LogP contribution in [-0.2, 0) is 0 Å². The molecule has 1 aromatic carbocycles. The summed E-state index contributed by atoms with van der Waals surface area (Å²) in [6.07, 6.45) is 3.52. The van der Waals surface area contributed by atoms with E-state index >= 15 is 0 Å². The van der Waals surface area contributed by atoms with Crippen LogP contribution in [0.5, 0.6) is 5.75 Å². The lowest BCUT2D eigenvalue weighted by atomic mass is 10.1. The van der Waals surface area contributed by atoms with E-state index in [9.17, 15) is 4.39 Å². The normalized spacial score (nSPS) is 22.3. The van der Waals surface area contributed by atoms with Crippen LogP contribution in [0.4, 0.5) is 10.1 Å². The molecule has 1 aliphatic carbocycles. The van der Waals surface area contributed by atoms with Crippen LogP contribution in [0, 0.1) is 11.7 Å². The van der Waals surface area contributed by atoms with Crippen LogP contribution in [0.15, 0.2) is 12.1 Å². The van der Waals surface area contributed by atoms with Crippen molar-refractivity contribution in [1.29, 1.82) is 0 Å². The van der Waals surface area contributed by atoms with Gasteiger partial charge in [-0.25, -0.2) is 4.39 Å². The molecule has 0 aliphatic heterocycles. The molecule has 0 saturated heterocycles. The molecule has 0 spiro atoms. The molecule has 4 heteroatoms. The van der Waals surface area contributed by atoms with Gasteiger partial charge in [0, 0.05) is 6.07 Å². The number of hydrogen-bond acceptors (Lipinski definition) is 2. The number of nitrogen functional groups attached to an aromatic ring is 1. The van der Waals surface area contributed by atoms with Crippen LogP contribution in [0.1, 0.15) is 40.0 Å². The standard InChI is InChI=1S/C12H15ClFNO.C2H6/c1-7-3-2-4-11(7)16-12-6-10(15)9(14)5-8(12)13;1-2/h5-7,11H,2-4,15H2,1H3;1-2H3. The van der Waals surface area contributed by atoms with Gasteiger partial charge in [-0.15, -0.1) is 0 Å². The molecule has 0 heterocycles. The second-order valence-electron chi connectivity index (χ2n) is 4.37. The Bertz CT molecular complexity index is 398. The van der Waals surface area contributed by atoms with E-state index in [-0.39, 0.29) is 16.8 Å². The highest BCUT2D eigenvalue weighted by Crippen LogP contribution is 2.34. The summed E-state index contributed by atoms with van der Waals surface area (Å²) in [7, 11) is 0. The molecular formula is C14H21ClFNO. The number of ether oxygens (including phenoxy) is 1. The fourth-order valence-electron chi connectivity index (χ4n) is 2.08. The molecule has 2 atom stereocenters. The Morgan fingerprint density at radius 3 is 2.56 bits per heavy atom. The van der Waals surface area contributed by atoms with E-state index in [2.05, 4.69) is 6.92 Å². The molecular weight excluding hydrogens is 253 g/mol. The summed E-state index contributed by atoms with van der Waals surface area (Å²) in [4.78, 5) is 0. The van der Waals surface area contributed by atoms with Crippen molar-refractivity contribution in [3.63, 3.8) is 0 Å². The quantitative estimate of drug-likeness (QED) is 0.796. The van der Waals surface area contributed by atoms with Crippen LogP contribution in [-0.4, -0.2) is 6.10 Å². The molecule has 2 unspecified atom stereocenters. The number of anilines is 1. The first-order valence-electron chi connectivity index (χ1n) is 6.49. The molecule has 0 bridgehead atoms. The van der Waals surface area contributed by atoms with Gasteiger partial charge in [0.2, 0.25) is 0 Å². The largest absolute Gasteiger partial charge is 0.489 e. The van der Waals surface area contributed by atoms with Crippen LogP contribution in [0.25, 0.3) is 0 Å². The van der Waals surface area contributed by atoms with Crippen molar-refractivity contribution < 1.29 is 9.13 Å². The van der Waals surface area contributed by atoms with Crippen molar-refractivity contribution in [2.75, 3.05) is 5.73 Å². The molecule has 1 saturated carbocycles. The highest BCUT2D eigenvalue weighted by atomic mass is 35.5. The molecule has 102 valence electrons. The maximum Gasteiger partial charge on any atom is 0.147 e. The van der Waals surface area contributed by atoms with E-state index in [4.69, 9.17) is 22.1 Å². The second kappa shape index (κ2) is 6.83. The summed E-state index contributed by atoms with van der Waals surface area (Å²) in [5, 5.41) is 0.283. The number of rotatable bonds is 2. The molecule has 2 N–H and O–H groups in total. The molecule has 0 amide bonds. The van der Waals surface area contributed by atoms with Gasteiger partial charge in [0.25, 0.3) is 0 Å². The zero-order valence-electron chi connectivity index (χ0n) is 11.2. The first kappa shape index (κ1) is 15.1. The van der Waals surface area contributed by atoms with Gasteiger partial charge in [-0.3, -0.25) is 0 Å². The van der Waals surface area contributed by atoms with E-state index in [1.165, 1.54) is 25.0 Å².